The van der Waals surface area contributed by atoms with Crippen molar-refractivity contribution in [3.63, 3.8) is 0 Å². The maximum absolute atomic E-state index is 11.5. The van der Waals surface area contributed by atoms with Gasteiger partial charge >= 0.3 is 5.97 Å². The highest BCUT2D eigenvalue weighted by atomic mass is 16.5. The first-order valence-electron chi connectivity index (χ1n) is 6.20. The van der Waals surface area contributed by atoms with Gasteiger partial charge in [-0.25, -0.2) is 9.78 Å². The number of anilines is 1. The van der Waals surface area contributed by atoms with Crippen molar-refractivity contribution >= 4 is 11.8 Å². The van der Waals surface area contributed by atoms with Crippen molar-refractivity contribution in [1.29, 1.82) is 0 Å². The van der Waals surface area contributed by atoms with E-state index in [1.807, 2.05) is 7.05 Å². The third-order valence-corrected chi connectivity index (χ3v) is 3.38. The molecular weight excluding hydrogens is 230 g/mol. The van der Waals surface area contributed by atoms with E-state index in [9.17, 15) is 4.79 Å². The number of aromatic nitrogens is 1. The summed E-state index contributed by atoms with van der Waals surface area (Å²) >= 11 is 0. The van der Waals surface area contributed by atoms with Gasteiger partial charge in [0.2, 0.25) is 0 Å². The molecule has 5 nitrogen and oxygen atoms in total. The molecule has 1 aliphatic rings. The van der Waals surface area contributed by atoms with Crippen molar-refractivity contribution < 1.29 is 9.53 Å². The molecule has 1 fully saturated rings. The van der Waals surface area contributed by atoms with E-state index >= 15 is 0 Å². The third kappa shape index (κ3) is 2.79. The Balaban J connectivity index is 2.14. The molecule has 1 N–H and O–H groups in total. The number of carbonyl (C=O) groups excluding carboxylic acids is 1. The normalized spacial score (nSPS) is 16.3. The zero-order valence-electron chi connectivity index (χ0n) is 10.8. The van der Waals surface area contributed by atoms with Crippen LogP contribution in [0.1, 0.15) is 23.2 Å². The van der Waals surface area contributed by atoms with Gasteiger partial charge in [0.05, 0.1) is 12.7 Å². The largest absolute Gasteiger partial charge is 0.465 e. The number of nitrogens with one attached hydrogen (secondary N) is 1. The molecular formula is C13H19N3O2. The maximum Gasteiger partial charge on any atom is 0.338 e. The van der Waals surface area contributed by atoms with Crippen molar-refractivity contribution in [1.82, 2.24) is 10.3 Å². The molecule has 0 bridgehead atoms. The van der Waals surface area contributed by atoms with Crippen molar-refractivity contribution in [2.75, 3.05) is 32.1 Å². The molecule has 18 heavy (non-hydrogen) atoms. The second kappa shape index (κ2) is 5.82. The van der Waals surface area contributed by atoms with Crippen molar-refractivity contribution in [3.05, 3.63) is 23.9 Å². The molecule has 0 aromatic carbocycles. The number of carbonyl (C=O) groups is 1. The lowest BCUT2D eigenvalue weighted by Gasteiger charge is -2.32. The van der Waals surface area contributed by atoms with Gasteiger partial charge in [0.15, 0.2) is 0 Å². The first-order chi connectivity index (χ1) is 8.72. The van der Waals surface area contributed by atoms with E-state index in [0.29, 0.717) is 11.6 Å². The minimum absolute atomic E-state index is 0.322. The summed E-state index contributed by atoms with van der Waals surface area (Å²) in [5, 5.41) is 3.34. The van der Waals surface area contributed by atoms with Crippen molar-refractivity contribution in [2.45, 2.75) is 18.9 Å². The van der Waals surface area contributed by atoms with Gasteiger partial charge in [0.25, 0.3) is 0 Å². The van der Waals surface area contributed by atoms with Crippen LogP contribution in [0.25, 0.3) is 0 Å². The van der Waals surface area contributed by atoms with E-state index in [4.69, 9.17) is 4.74 Å². The molecule has 0 aliphatic carbocycles. The SMILES string of the molecule is COC(=O)c1ccnc(N(C)C2CCNCC2)c1. The second-order valence-electron chi connectivity index (χ2n) is 4.49. The molecule has 1 aromatic heterocycles. The zero-order valence-corrected chi connectivity index (χ0v) is 10.8. The molecule has 0 amide bonds. The van der Waals surface area contributed by atoms with Crippen LogP contribution in [0.4, 0.5) is 5.82 Å². The molecule has 98 valence electrons. The molecule has 2 rings (SSSR count). The number of methoxy groups -OCH3 is 1. The lowest BCUT2D eigenvalue weighted by atomic mass is 10.1. The summed E-state index contributed by atoms with van der Waals surface area (Å²) in [6.07, 6.45) is 3.85. The van der Waals surface area contributed by atoms with E-state index in [1.54, 1.807) is 18.3 Å². The zero-order chi connectivity index (χ0) is 13.0. The molecule has 2 heterocycles. The van der Waals surface area contributed by atoms with Crippen LogP contribution in [0, 0.1) is 0 Å². The summed E-state index contributed by atoms with van der Waals surface area (Å²) in [5.41, 5.74) is 0.545. The Morgan fingerprint density at radius 1 is 1.50 bits per heavy atom. The van der Waals surface area contributed by atoms with Gasteiger partial charge in [-0.05, 0) is 38.1 Å². The molecule has 1 aliphatic heterocycles. The lowest BCUT2D eigenvalue weighted by molar-refractivity contribution is 0.0600. The van der Waals surface area contributed by atoms with Crippen LogP contribution in [0.15, 0.2) is 18.3 Å². The van der Waals surface area contributed by atoms with E-state index in [2.05, 4.69) is 15.2 Å². The lowest BCUT2D eigenvalue weighted by Crippen LogP contribution is -2.41. The van der Waals surface area contributed by atoms with Gasteiger partial charge in [0, 0.05) is 19.3 Å². The van der Waals surface area contributed by atoms with Gasteiger partial charge in [-0.3, -0.25) is 0 Å². The monoisotopic (exact) mass is 249 g/mol. The molecule has 1 aromatic rings. The Hall–Kier alpha value is -1.62. The van der Waals surface area contributed by atoms with Gasteiger partial charge < -0.3 is 15.0 Å². The Bertz CT molecular complexity index is 416. The van der Waals surface area contributed by atoms with E-state index in [0.717, 1.165) is 31.7 Å². The molecule has 5 heteroatoms. The highest BCUT2D eigenvalue weighted by molar-refractivity contribution is 5.90. The predicted molar refractivity (Wildman–Crippen MR) is 69.9 cm³/mol. The first-order valence-corrected chi connectivity index (χ1v) is 6.20. The Morgan fingerprint density at radius 2 is 2.22 bits per heavy atom. The highest BCUT2D eigenvalue weighted by Gasteiger charge is 2.19. The number of hydrogen-bond acceptors (Lipinski definition) is 5. The molecule has 0 radical (unpaired) electrons. The Kier molecular flexibility index (Phi) is 4.15. The molecule has 0 atom stereocenters. The first kappa shape index (κ1) is 12.8. The fraction of sp³-hybridized carbons (Fsp3) is 0.538. The van der Waals surface area contributed by atoms with Crippen LogP contribution in [0.3, 0.4) is 0 Å². The standard InChI is InChI=1S/C13H19N3O2/c1-16(11-4-6-14-7-5-11)12-9-10(3-8-15-12)13(17)18-2/h3,8-9,11,14H,4-7H2,1-2H3. The second-order valence-corrected chi connectivity index (χ2v) is 4.49. The van der Waals surface area contributed by atoms with E-state index < -0.39 is 0 Å². The minimum atomic E-state index is -0.322. The topological polar surface area (TPSA) is 54.5 Å². The predicted octanol–water partition coefficient (Wildman–Crippen LogP) is 1.06. The molecule has 0 unspecified atom stereocenters. The fourth-order valence-electron chi connectivity index (χ4n) is 2.24. The number of piperidine rings is 1. The number of esters is 1. The minimum Gasteiger partial charge on any atom is -0.465 e. The fourth-order valence-corrected chi connectivity index (χ4v) is 2.24. The third-order valence-electron chi connectivity index (χ3n) is 3.38. The van der Waals surface area contributed by atoms with Crippen LogP contribution in [-0.4, -0.2) is 44.2 Å². The number of hydrogen-bond donors (Lipinski definition) is 1. The molecule has 0 spiro atoms. The van der Waals surface area contributed by atoms with Gasteiger partial charge in [0.1, 0.15) is 5.82 Å². The quantitative estimate of drug-likeness (QED) is 0.812. The van der Waals surface area contributed by atoms with E-state index in [-0.39, 0.29) is 5.97 Å². The number of rotatable bonds is 3. The number of ether oxygens (including phenoxy) is 1. The summed E-state index contributed by atoms with van der Waals surface area (Å²) < 4.78 is 4.72. The number of nitrogens with zero attached hydrogens (tertiary/aromatic N) is 2. The number of pyridine rings is 1. The molecule has 0 saturated carbocycles. The summed E-state index contributed by atoms with van der Waals surface area (Å²) in [4.78, 5) is 18.0. The van der Waals surface area contributed by atoms with Crippen LogP contribution < -0.4 is 10.2 Å². The Morgan fingerprint density at radius 3 is 2.89 bits per heavy atom. The maximum atomic E-state index is 11.5. The van der Waals surface area contributed by atoms with Crippen LogP contribution >= 0.6 is 0 Å². The highest BCUT2D eigenvalue weighted by Crippen LogP contribution is 2.18. The van der Waals surface area contributed by atoms with Crippen LogP contribution in [0.2, 0.25) is 0 Å². The van der Waals surface area contributed by atoms with E-state index in [1.165, 1.54) is 7.11 Å². The summed E-state index contributed by atoms with van der Waals surface area (Å²) in [5.74, 6) is 0.502. The smallest absolute Gasteiger partial charge is 0.338 e. The summed E-state index contributed by atoms with van der Waals surface area (Å²) in [7, 11) is 3.42. The average molecular weight is 249 g/mol. The average Bonchev–Trinajstić information content (AvgIpc) is 2.46. The summed E-state index contributed by atoms with van der Waals surface area (Å²) in [6.45, 7) is 2.07. The Labute approximate surface area is 107 Å². The van der Waals surface area contributed by atoms with Crippen molar-refractivity contribution in [3.8, 4) is 0 Å². The van der Waals surface area contributed by atoms with Gasteiger partial charge in [-0.15, -0.1) is 0 Å². The van der Waals surface area contributed by atoms with Crippen LogP contribution in [-0.2, 0) is 4.74 Å². The molecule has 1 saturated heterocycles. The van der Waals surface area contributed by atoms with Crippen LogP contribution in [0.5, 0.6) is 0 Å². The van der Waals surface area contributed by atoms with Gasteiger partial charge in [-0.2, -0.15) is 0 Å². The summed E-state index contributed by atoms with van der Waals surface area (Å²) in [6, 6.07) is 3.94. The van der Waals surface area contributed by atoms with Gasteiger partial charge in [-0.1, -0.05) is 0 Å². The van der Waals surface area contributed by atoms with Crippen molar-refractivity contribution in [2.24, 2.45) is 0 Å².